The molecule has 0 radical (unpaired) electrons. The molecule has 0 aliphatic carbocycles. The van der Waals surface area contributed by atoms with E-state index in [-0.39, 0.29) is 5.41 Å². The summed E-state index contributed by atoms with van der Waals surface area (Å²) in [7, 11) is 3.59. The third-order valence-electron chi connectivity index (χ3n) is 5.23. The molecule has 0 amide bonds. The topological polar surface area (TPSA) is 30.5 Å². The Balaban J connectivity index is 1.83. The van der Waals surface area contributed by atoms with Crippen LogP contribution in [0.5, 0.6) is 11.5 Å². The van der Waals surface area contributed by atoms with Gasteiger partial charge in [-0.3, -0.25) is 0 Å². The van der Waals surface area contributed by atoms with E-state index in [0.29, 0.717) is 6.61 Å². The summed E-state index contributed by atoms with van der Waals surface area (Å²) in [5.74, 6) is 1.71. The highest BCUT2D eigenvalue weighted by Crippen LogP contribution is 2.32. The first-order valence-corrected chi connectivity index (χ1v) is 10.0. The molecule has 3 nitrogen and oxygen atoms in total. The van der Waals surface area contributed by atoms with Gasteiger partial charge >= 0.3 is 0 Å². The average molecular weight is 390 g/mol. The van der Waals surface area contributed by atoms with E-state index in [1.165, 1.54) is 16.7 Å². The van der Waals surface area contributed by atoms with Crippen LogP contribution >= 0.6 is 0 Å². The maximum atomic E-state index is 6.16. The van der Waals surface area contributed by atoms with Crippen LogP contribution in [0.2, 0.25) is 0 Å². The molecule has 0 saturated carbocycles. The normalized spacial score (nSPS) is 11.2. The summed E-state index contributed by atoms with van der Waals surface area (Å²) < 4.78 is 11.7. The van der Waals surface area contributed by atoms with E-state index >= 15 is 0 Å². The van der Waals surface area contributed by atoms with Gasteiger partial charge in [0.1, 0.15) is 18.1 Å². The minimum atomic E-state index is 0.133. The van der Waals surface area contributed by atoms with E-state index in [1.807, 2.05) is 25.2 Å². The molecule has 3 aromatic rings. The molecule has 0 aromatic heterocycles. The molecule has 3 aromatic carbocycles. The number of anilines is 1. The Kier molecular flexibility index (Phi) is 6.17. The quantitative estimate of drug-likeness (QED) is 0.516. The standard InChI is InChI=1S/C26H31NO2/c1-18-15-20(19-9-7-10-21(16-19)26(2,3)4)13-14-24(18)29-17-22-23(27-5)11-8-12-25(22)28-6/h7-16,27H,17H2,1-6H3. The van der Waals surface area contributed by atoms with Crippen molar-refractivity contribution in [3.8, 4) is 22.6 Å². The Bertz CT molecular complexity index is 964. The zero-order valence-electron chi connectivity index (χ0n) is 18.3. The monoisotopic (exact) mass is 389 g/mol. The van der Waals surface area contributed by atoms with E-state index in [9.17, 15) is 0 Å². The van der Waals surface area contributed by atoms with Crippen LogP contribution in [0.15, 0.2) is 60.7 Å². The maximum Gasteiger partial charge on any atom is 0.127 e. The third kappa shape index (κ3) is 4.73. The van der Waals surface area contributed by atoms with Gasteiger partial charge in [0, 0.05) is 12.7 Å². The number of nitrogens with one attached hydrogen (secondary N) is 1. The van der Waals surface area contributed by atoms with Crippen molar-refractivity contribution in [2.24, 2.45) is 0 Å². The van der Waals surface area contributed by atoms with Gasteiger partial charge in [0.2, 0.25) is 0 Å². The molecule has 1 N–H and O–H groups in total. The van der Waals surface area contributed by atoms with Crippen molar-refractivity contribution in [3.05, 3.63) is 77.4 Å². The molecule has 0 heterocycles. The van der Waals surface area contributed by atoms with Crippen molar-refractivity contribution in [2.45, 2.75) is 39.7 Å². The molecule has 152 valence electrons. The van der Waals surface area contributed by atoms with Crippen LogP contribution in [-0.2, 0) is 12.0 Å². The van der Waals surface area contributed by atoms with Crippen LogP contribution in [-0.4, -0.2) is 14.2 Å². The maximum absolute atomic E-state index is 6.16. The third-order valence-corrected chi connectivity index (χ3v) is 5.23. The summed E-state index contributed by atoms with van der Waals surface area (Å²) in [6.07, 6.45) is 0. The fourth-order valence-corrected chi connectivity index (χ4v) is 3.45. The number of hydrogen-bond acceptors (Lipinski definition) is 3. The molecule has 0 fully saturated rings. The second-order valence-corrected chi connectivity index (χ2v) is 8.34. The minimum absolute atomic E-state index is 0.133. The molecule has 0 spiro atoms. The number of hydrogen-bond donors (Lipinski definition) is 1. The van der Waals surface area contributed by atoms with Gasteiger partial charge < -0.3 is 14.8 Å². The lowest BCUT2D eigenvalue weighted by Gasteiger charge is -2.20. The highest BCUT2D eigenvalue weighted by Gasteiger charge is 2.15. The predicted molar refractivity (Wildman–Crippen MR) is 122 cm³/mol. The lowest BCUT2D eigenvalue weighted by atomic mass is 9.85. The second-order valence-electron chi connectivity index (χ2n) is 8.34. The molecule has 0 unspecified atom stereocenters. The zero-order valence-corrected chi connectivity index (χ0v) is 18.3. The molecule has 0 saturated heterocycles. The molecular formula is C26H31NO2. The van der Waals surface area contributed by atoms with E-state index < -0.39 is 0 Å². The van der Waals surface area contributed by atoms with Crippen molar-refractivity contribution < 1.29 is 9.47 Å². The van der Waals surface area contributed by atoms with Crippen molar-refractivity contribution >= 4 is 5.69 Å². The molecule has 0 bridgehead atoms. The van der Waals surface area contributed by atoms with Crippen molar-refractivity contribution in [3.63, 3.8) is 0 Å². The van der Waals surface area contributed by atoms with Crippen LogP contribution in [0.3, 0.4) is 0 Å². The summed E-state index contributed by atoms with van der Waals surface area (Å²) in [6.45, 7) is 9.26. The summed E-state index contributed by atoms with van der Waals surface area (Å²) in [6, 6.07) is 21.1. The molecule has 3 rings (SSSR count). The van der Waals surface area contributed by atoms with Crippen LogP contribution < -0.4 is 14.8 Å². The van der Waals surface area contributed by atoms with Gasteiger partial charge in [-0.1, -0.05) is 57.2 Å². The smallest absolute Gasteiger partial charge is 0.127 e. The second kappa shape index (κ2) is 8.60. The lowest BCUT2D eigenvalue weighted by molar-refractivity contribution is 0.295. The van der Waals surface area contributed by atoms with Gasteiger partial charge in [0.15, 0.2) is 0 Å². The number of methoxy groups -OCH3 is 1. The van der Waals surface area contributed by atoms with Crippen LogP contribution in [0.1, 0.15) is 37.5 Å². The van der Waals surface area contributed by atoms with Gasteiger partial charge in [-0.25, -0.2) is 0 Å². The predicted octanol–water partition coefficient (Wildman–Crippen LogP) is 6.59. The highest BCUT2D eigenvalue weighted by atomic mass is 16.5. The summed E-state index contributed by atoms with van der Waals surface area (Å²) in [5, 5.41) is 3.21. The fourth-order valence-electron chi connectivity index (χ4n) is 3.45. The molecule has 29 heavy (non-hydrogen) atoms. The molecule has 0 atom stereocenters. The van der Waals surface area contributed by atoms with E-state index in [2.05, 4.69) is 75.5 Å². The van der Waals surface area contributed by atoms with E-state index in [1.54, 1.807) is 7.11 Å². The first kappa shape index (κ1) is 20.8. The van der Waals surface area contributed by atoms with Crippen molar-refractivity contribution in [1.82, 2.24) is 0 Å². The number of rotatable bonds is 6. The average Bonchev–Trinajstić information content (AvgIpc) is 2.72. The van der Waals surface area contributed by atoms with Gasteiger partial charge in [-0.2, -0.15) is 0 Å². The van der Waals surface area contributed by atoms with Crippen LogP contribution in [0.25, 0.3) is 11.1 Å². The molecule has 3 heteroatoms. The van der Waals surface area contributed by atoms with E-state index in [0.717, 1.165) is 28.3 Å². The number of benzene rings is 3. The van der Waals surface area contributed by atoms with E-state index in [4.69, 9.17) is 9.47 Å². The van der Waals surface area contributed by atoms with Crippen LogP contribution in [0, 0.1) is 6.92 Å². The minimum Gasteiger partial charge on any atom is -0.496 e. The zero-order chi connectivity index (χ0) is 21.0. The van der Waals surface area contributed by atoms with Gasteiger partial charge in [0.25, 0.3) is 0 Å². The van der Waals surface area contributed by atoms with Gasteiger partial charge in [0.05, 0.1) is 12.7 Å². The lowest BCUT2D eigenvalue weighted by Crippen LogP contribution is -2.10. The summed E-state index contributed by atoms with van der Waals surface area (Å²) in [5.41, 5.74) is 7.04. The largest absolute Gasteiger partial charge is 0.496 e. The Morgan fingerprint density at radius 2 is 1.59 bits per heavy atom. The highest BCUT2D eigenvalue weighted by molar-refractivity contribution is 5.67. The Hall–Kier alpha value is -2.94. The SMILES string of the molecule is CNc1cccc(OC)c1COc1ccc(-c2cccc(C(C)(C)C)c2)cc1C. The molecular weight excluding hydrogens is 358 g/mol. The van der Waals surface area contributed by atoms with Crippen molar-refractivity contribution in [2.75, 3.05) is 19.5 Å². The Morgan fingerprint density at radius 3 is 2.24 bits per heavy atom. The number of aryl methyl sites for hydroxylation is 1. The van der Waals surface area contributed by atoms with Crippen LogP contribution in [0.4, 0.5) is 5.69 Å². The molecule has 0 aliphatic rings. The van der Waals surface area contributed by atoms with Gasteiger partial charge in [-0.05, 0) is 58.9 Å². The summed E-state index contributed by atoms with van der Waals surface area (Å²) >= 11 is 0. The van der Waals surface area contributed by atoms with Crippen molar-refractivity contribution in [1.29, 1.82) is 0 Å². The first-order valence-electron chi connectivity index (χ1n) is 10.0. The Morgan fingerprint density at radius 1 is 0.862 bits per heavy atom. The molecule has 0 aliphatic heterocycles. The summed E-state index contributed by atoms with van der Waals surface area (Å²) in [4.78, 5) is 0. The first-order chi connectivity index (χ1) is 13.8. The van der Waals surface area contributed by atoms with Gasteiger partial charge in [-0.15, -0.1) is 0 Å². The fraction of sp³-hybridized carbons (Fsp3) is 0.308. The number of ether oxygens (including phenoxy) is 2. The Labute approximate surface area is 174 Å².